The predicted molar refractivity (Wildman–Crippen MR) is 59.4 cm³/mol. The van der Waals surface area contributed by atoms with Gasteiger partial charge in [-0.3, -0.25) is 4.90 Å². The molecule has 1 aliphatic rings. The van der Waals surface area contributed by atoms with Gasteiger partial charge in [-0.2, -0.15) is 0 Å². The molecule has 0 aromatic carbocycles. The van der Waals surface area contributed by atoms with Gasteiger partial charge in [0.1, 0.15) is 0 Å². The first-order valence-electron chi connectivity index (χ1n) is 5.25. The Hall–Kier alpha value is -0.910. The maximum atomic E-state index is 10.5. The first-order valence-corrected chi connectivity index (χ1v) is 5.25. The second-order valence-corrected chi connectivity index (χ2v) is 4.07. The zero-order valence-electron chi connectivity index (χ0n) is 9.97. The molecule has 1 heterocycles. The number of methoxy groups -OCH3 is 2. The largest absolute Gasteiger partial charge is 0.478 e. The van der Waals surface area contributed by atoms with Crippen LogP contribution in [0, 0.1) is 0 Å². The summed E-state index contributed by atoms with van der Waals surface area (Å²) in [5.74, 6) is -0.900. The molecule has 0 aliphatic carbocycles. The Morgan fingerprint density at radius 2 is 1.88 bits per heavy atom. The number of ether oxygens (including phenoxy) is 2. The normalized spacial score (nSPS) is 27.3. The van der Waals surface area contributed by atoms with Gasteiger partial charge in [0.2, 0.25) is 0 Å². The smallest absolute Gasteiger partial charge is 0.328 e. The van der Waals surface area contributed by atoms with E-state index in [0.717, 1.165) is 18.7 Å². The van der Waals surface area contributed by atoms with Crippen LogP contribution in [0.2, 0.25) is 0 Å². The van der Waals surface area contributed by atoms with Crippen molar-refractivity contribution in [3.63, 3.8) is 0 Å². The standard InChI is InChI=1S/C11H19NO4/c1-8(4-11(13)14)5-12-6-9(15-2)10(7-12)16-3/h4,9-10H,5-7H2,1-3H3,(H,13,14). The molecular weight excluding hydrogens is 210 g/mol. The second kappa shape index (κ2) is 5.98. The third kappa shape index (κ3) is 3.59. The van der Waals surface area contributed by atoms with Gasteiger partial charge < -0.3 is 14.6 Å². The zero-order valence-corrected chi connectivity index (χ0v) is 9.97. The van der Waals surface area contributed by atoms with Gasteiger partial charge in [0.05, 0.1) is 12.2 Å². The van der Waals surface area contributed by atoms with E-state index in [9.17, 15) is 4.79 Å². The molecule has 0 aromatic rings. The van der Waals surface area contributed by atoms with Crippen LogP contribution in [0.5, 0.6) is 0 Å². The van der Waals surface area contributed by atoms with E-state index in [1.807, 2.05) is 6.92 Å². The minimum Gasteiger partial charge on any atom is -0.478 e. The van der Waals surface area contributed by atoms with E-state index >= 15 is 0 Å². The van der Waals surface area contributed by atoms with Crippen molar-refractivity contribution in [3.8, 4) is 0 Å². The van der Waals surface area contributed by atoms with Crippen LogP contribution >= 0.6 is 0 Å². The molecule has 1 aliphatic heterocycles. The van der Waals surface area contributed by atoms with Crippen molar-refractivity contribution in [2.24, 2.45) is 0 Å². The molecule has 92 valence electrons. The fraction of sp³-hybridized carbons (Fsp3) is 0.727. The molecule has 1 N–H and O–H groups in total. The van der Waals surface area contributed by atoms with Crippen molar-refractivity contribution in [1.82, 2.24) is 4.90 Å². The number of likely N-dealkylation sites (tertiary alicyclic amines) is 1. The number of carbonyl (C=O) groups is 1. The molecule has 5 heteroatoms. The first-order chi connectivity index (χ1) is 7.56. The Kier molecular flexibility index (Phi) is 4.92. The molecule has 0 saturated carbocycles. The SMILES string of the molecule is COC1CN(CC(C)=CC(=O)O)CC1OC. The highest BCUT2D eigenvalue weighted by atomic mass is 16.5. The number of carboxylic acids is 1. The molecule has 0 spiro atoms. The topological polar surface area (TPSA) is 59.0 Å². The van der Waals surface area contributed by atoms with Gasteiger partial charge in [0.15, 0.2) is 0 Å². The number of rotatable bonds is 5. The average Bonchev–Trinajstić information content (AvgIpc) is 2.58. The third-order valence-electron chi connectivity index (χ3n) is 2.74. The van der Waals surface area contributed by atoms with Gasteiger partial charge in [-0.05, 0) is 6.92 Å². The van der Waals surface area contributed by atoms with Crippen molar-refractivity contribution < 1.29 is 19.4 Å². The Labute approximate surface area is 95.6 Å². The van der Waals surface area contributed by atoms with Crippen molar-refractivity contribution in [3.05, 3.63) is 11.6 Å². The summed E-state index contributed by atoms with van der Waals surface area (Å²) in [5, 5.41) is 8.61. The molecule has 2 atom stereocenters. The first kappa shape index (κ1) is 13.2. The molecule has 1 saturated heterocycles. The number of carboxylic acid groups (broad SMARTS) is 1. The maximum absolute atomic E-state index is 10.5. The van der Waals surface area contributed by atoms with Crippen molar-refractivity contribution in [1.29, 1.82) is 0 Å². The van der Waals surface area contributed by atoms with Gasteiger partial charge in [0, 0.05) is 39.9 Å². The van der Waals surface area contributed by atoms with E-state index in [1.54, 1.807) is 14.2 Å². The van der Waals surface area contributed by atoms with Gasteiger partial charge in [-0.1, -0.05) is 5.57 Å². The van der Waals surface area contributed by atoms with E-state index in [2.05, 4.69) is 4.90 Å². The van der Waals surface area contributed by atoms with E-state index in [1.165, 1.54) is 6.08 Å². The summed E-state index contributed by atoms with van der Waals surface area (Å²) < 4.78 is 10.6. The molecule has 1 rings (SSSR count). The predicted octanol–water partition coefficient (Wildman–Crippen LogP) is 0.363. The molecule has 5 nitrogen and oxygen atoms in total. The number of nitrogens with zero attached hydrogens (tertiary/aromatic N) is 1. The van der Waals surface area contributed by atoms with Gasteiger partial charge in [0.25, 0.3) is 0 Å². The van der Waals surface area contributed by atoms with Crippen LogP contribution in [-0.4, -0.2) is 62.0 Å². The number of aliphatic carboxylic acids is 1. The van der Waals surface area contributed by atoms with Crippen molar-refractivity contribution in [2.45, 2.75) is 19.1 Å². The average molecular weight is 229 g/mol. The Balaban J connectivity index is 2.49. The van der Waals surface area contributed by atoms with Crippen LogP contribution < -0.4 is 0 Å². The number of hydrogen-bond acceptors (Lipinski definition) is 4. The van der Waals surface area contributed by atoms with Crippen molar-refractivity contribution >= 4 is 5.97 Å². The summed E-state index contributed by atoms with van der Waals surface area (Å²) in [6, 6.07) is 0. The summed E-state index contributed by atoms with van der Waals surface area (Å²) in [4.78, 5) is 12.6. The highest BCUT2D eigenvalue weighted by molar-refractivity contribution is 5.80. The second-order valence-electron chi connectivity index (χ2n) is 4.07. The molecule has 0 bridgehead atoms. The Morgan fingerprint density at radius 1 is 1.38 bits per heavy atom. The van der Waals surface area contributed by atoms with Gasteiger partial charge in [-0.25, -0.2) is 4.79 Å². The molecule has 2 unspecified atom stereocenters. The molecular formula is C11H19NO4. The lowest BCUT2D eigenvalue weighted by Crippen LogP contribution is -2.27. The Bertz CT molecular complexity index is 265. The zero-order chi connectivity index (χ0) is 12.1. The Morgan fingerprint density at radius 3 is 2.25 bits per heavy atom. The summed E-state index contributed by atoms with van der Waals surface area (Å²) in [6.07, 6.45) is 1.38. The fourth-order valence-corrected chi connectivity index (χ4v) is 2.01. The molecule has 16 heavy (non-hydrogen) atoms. The van der Waals surface area contributed by atoms with Crippen LogP contribution in [0.1, 0.15) is 6.92 Å². The number of hydrogen-bond donors (Lipinski definition) is 1. The summed E-state index contributed by atoms with van der Waals surface area (Å²) in [5.41, 5.74) is 0.833. The van der Waals surface area contributed by atoms with E-state index in [-0.39, 0.29) is 12.2 Å². The van der Waals surface area contributed by atoms with Crippen LogP contribution in [0.25, 0.3) is 0 Å². The van der Waals surface area contributed by atoms with Crippen molar-refractivity contribution in [2.75, 3.05) is 33.9 Å². The lowest BCUT2D eigenvalue weighted by Gasteiger charge is -2.14. The minimum absolute atomic E-state index is 0.0719. The lowest BCUT2D eigenvalue weighted by molar-refractivity contribution is -0.131. The fourth-order valence-electron chi connectivity index (χ4n) is 2.01. The highest BCUT2D eigenvalue weighted by Gasteiger charge is 2.32. The van der Waals surface area contributed by atoms with Gasteiger partial charge in [-0.15, -0.1) is 0 Å². The van der Waals surface area contributed by atoms with E-state index < -0.39 is 5.97 Å². The quantitative estimate of drug-likeness (QED) is 0.690. The minimum atomic E-state index is -0.900. The lowest BCUT2D eigenvalue weighted by atomic mass is 10.2. The third-order valence-corrected chi connectivity index (χ3v) is 2.74. The van der Waals surface area contributed by atoms with Gasteiger partial charge >= 0.3 is 5.97 Å². The van der Waals surface area contributed by atoms with E-state index in [4.69, 9.17) is 14.6 Å². The maximum Gasteiger partial charge on any atom is 0.328 e. The summed E-state index contributed by atoms with van der Waals surface area (Å²) in [6.45, 7) is 4.02. The summed E-state index contributed by atoms with van der Waals surface area (Å²) in [7, 11) is 3.33. The summed E-state index contributed by atoms with van der Waals surface area (Å²) >= 11 is 0. The highest BCUT2D eigenvalue weighted by Crippen LogP contribution is 2.16. The van der Waals surface area contributed by atoms with Crippen LogP contribution in [0.15, 0.2) is 11.6 Å². The van der Waals surface area contributed by atoms with Crippen LogP contribution in [0.4, 0.5) is 0 Å². The molecule has 1 fully saturated rings. The molecule has 0 radical (unpaired) electrons. The monoisotopic (exact) mass is 229 g/mol. The molecule has 0 aromatic heterocycles. The van der Waals surface area contributed by atoms with E-state index in [0.29, 0.717) is 6.54 Å². The molecule has 0 amide bonds. The van der Waals surface area contributed by atoms with Crippen LogP contribution in [-0.2, 0) is 14.3 Å². The van der Waals surface area contributed by atoms with Crippen LogP contribution in [0.3, 0.4) is 0 Å².